The second-order valence-electron chi connectivity index (χ2n) is 27.1. The predicted octanol–water partition coefficient (Wildman–Crippen LogP) is 18.0. The van der Waals surface area contributed by atoms with Gasteiger partial charge in [-0.15, -0.1) is 0 Å². The quantitative estimate of drug-likeness (QED) is 0.0324. The normalized spacial score (nSPS) is 17.0. The summed E-state index contributed by atoms with van der Waals surface area (Å²) in [6.45, 7) is 19.3. The van der Waals surface area contributed by atoms with Gasteiger partial charge in [-0.2, -0.15) is 16.8 Å². The summed E-state index contributed by atoms with van der Waals surface area (Å²) in [6, 6.07) is 58.8. The summed E-state index contributed by atoms with van der Waals surface area (Å²) in [6.07, 6.45) is 2.68. The maximum atomic E-state index is 16.4. The molecule has 10 aromatic carbocycles. The SMILES string of the molecule is CCCC(C)(Oc1ccc(Oc2ccc(S(=O)(=O)c3ccc(C(C)(C)CC)c(S(=O)(=O)O)c3)cc2S(=O)(=O)O)cc1P1(=O)Oc2ccccc2-c2ccccc21)C(C)(CC)c1ccc(C(=O)c2ccc(Oc3ccc(OC(C)(C)CC)c(P4(=O)Oc5ccccc5-c5ccccc54)c3)cc2)cc1. The van der Waals surface area contributed by atoms with Crippen molar-refractivity contribution < 1.29 is 76.3 Å². The number of para-hydroxylation sites is 2. The fourth-order valence-corrected chi connectivity index (χ4v) is 20.9. The van der Waals surface area contributed by atoms with Crippen molar-refractivity contribution in [1.29, 1.82) is 0 Å². The van der Waals surface area contributed by atoms with Crippen molar-refractivity contribution in [2.24, 2.45) is 0 Å². The van der Waals surface area contributed by atoms with E-state index in [9.17, 15) is 39.2 Å². The molecule has 0 saturated carbocycles. The van der Waals surface area contributed by atoms with Crippen molar-refractivity contribution in [1.82, 2.24) is 0 Å². The van der Waals surface area contributed by atoms with Crippen molar-refractivity contribution >= 4 is 71.8 Å². The molecule has 0 fully saturated rings. The van der Waals surface area contributed by atoms with Crippen LogP contribution < -0.4 is 49.2 Å². The number of carbonyl (C=O) groups excluding carboxylic acids is 1. The van der Waals surface area contributed by atoms with Crippen molar-refractivity contribution in [2.75, 3.05) is 0 Å². The largest absolute Gasteiger partial charge is 0.487 e. The minimum Gasteiger partial charge on any atom is -0.487 e. The van der Waals surface area contributed by atoms with Gasteiger partial charge in [-0.25, -0.2) is 8.42 Å². The molecule has 2 aliphatic heterocycles. The Balaban J connectivity index is 0.850. The highest BCUT2D eigenvalue weighted by atomic mass is 32.2. The summed E-state index contributed by atoms with van der Waals surface area (Å²) in [7, 11) is -23.2. The van der Waals surface area contributed by atoms with Crippen LogP contribution in [0.1, 0.15) is 128 Å². The maximum Gasteiger partial charge on any atom is 0.311 e. The van der Waals surface area contributed by atoms with Gasteiger partial charge < -0.3 is 28.0 Å². The molecule has 0 radical (unpaired) electrons. The smallest absolute Gasteiger partial charge is 0.311 e. The van der Waals surface area contributed by atoms with Gasteiger partial charge in [0.05, 0.1) is 35.9 Å². The van der Waals surface area contributed by atoms with Crippen LogP contribution in [0.25, 0.3) is 22.3 Å². The van der Waals surface area contributed by atoms with Gasteiger partial charge in [-0.05, 0) is 189 Å². The molecule has 0 aromatic heterocycles. The predicted molar refractivity (Wildman–Crippen MR) is 396 cm³/mol. The number of fused-ring (bicyclic) bond motifs is 6. The number of carbonyl (C=O) groups is 1. The highest BCUT2D eigenvalue weighted by Gasteiger charge is 2.49. The Kier molecular flexibility index (Phi) is 19.4. The van der Waals surface area contributed by atoms with E-state index in [1.807, 2.05) is 120 Å². The van der Waals surface area contributed by atoms with Crippen LogP contribution in [0.15, 0.2) is 238 Å². The van der Waals surface area contributed by atoms with E-state index in [0.29, 0.717) is 105 Å². The third-order valence-corrected chi connectivity index (χ3v) is 28.4. The molecule has 528 valence electrons. The van der Waals surface area contributed by atoms with Crippen LogP contribution in [0, 0.1) is 0 Å². The minimum atomic E-state index is -5.30. The standard InChI is InChI=1S/C80H78O17P2S3/c1-11-47-80(10,79(9,14-4)54-35-31-52(32-36-54)76(81)53-33-37-55(38-34-53)92-56-39-44-67(94-78(7,8)13-3)72(48-56)98(82)70-29-21-17-25-62(70)60-23-15-19-27-65(60)96-98)95-68-45-40-57(49-73(68)99(83)71-30-22-18-26-63(71)61-24-16-20-28-66(61)97-99)93-69-46-42-59(51-75(69)102(89,90)91)100(84,85)58-41-43-64(77(5,6)12-2)74(50-58)101(86,87)88/h15-46,48-51H,11-14,47H2,1-10H3,(H,86,87,88)(H,89,90,91). The van der Waals surface area contributed by atoms with Gasteiger partial charge in [0.15, 0.2) is 5.78 Å². The lowest BCUT2D eigenvalue weighted by Gasteiger charge is -2.47. The summed E-state index contributed by atoms with van der Waals surface area (Å²) in [4.78, 5) is 11.6. The Labute approximate surface area is 596 Å². The summed E-state index contributed by atoms with van der Waals surface area (Å²) in [5.41, 5.74) is 1.34. The first-order valence-corrected chi connectivity index (χ1v) is 41.1. The second-order valence-corrected chi connectivity index (χ2v) is 36.4. The Morgan fingerprint density at radius 2 is 0.882 bits per heavy atom. The van der Waals surface area contributed by atoms with E-state index in [2.05, 4.69) is 6.92 Å². The van der Waals surface area contributed by atoms with Gasteiger partial charge in [-0.3, -0.25) is 23.0 Å². The zero-order chi connectivity index (χ0) is 73.2. The van der Waals surface area contributed by atoms with Crippen molar-refractivity contribution in [3.63, 3.8) is 0 Å². The van der Waals surface area contributed by atoms with Gasteiger partial charge in [0.2, 0.25) is 9.84 Å². The minimum absolute atomic E-state index is 0.0182. The second kappa shape index (κ2) is 27.3. The first-order chi connectivity index (χ1) is 48.2. The van der Waals surface area contributed by atoms with Crippen molar-refractivity contribution in [3.05, 3.63) is 241 Å². The van der Waals surface area contributed by atoms with E-state index in [1.165, 1.54) is 24.3 Å². The molecule has 0 bridgehead atoms. The molecular weight excluding hydrogens is 1390 g/mol. The molecule has 0 aliphatic carbocycles. The molecule has 22 heteroatoms. The maximum absolute atomic E-state index is 16.4. The molecule has 0 amide bonds. The average Bonchev–Trinajstić information content (AvgIpc) is 0.759. The Morgan fingerprint density at radius 1 is 0.441 bits per heavy atom. The molecule has 4 atom stereocenters. The summed E-state index contributed by atoms with van der Waals surface area (Å²) in [5, 5.41) is 1.23. The zero-order valence-electron chi connectivity index (χ0n) is 58.0. The molecule has 10 aromatic rings. The van der Waals surface area contributed by atoms with Crippen LogP contribution in [0.4, 0.5) is 0 Å². The van der Waals surface area contributed by atoms with E-state index in [0.717, 1.165) is 41.0 Å². The first-order valence-electron chi connectivity index (χ1n) is 33.4. The molecule has 2 aliphatic rings. The third-order valence-electron chi connectivity index (χ3n) is 19.9. The topological polar surface area (TPSA) is 249 Å². The van der Waals surface area contributed by atoms with E-state index in [-0.39, 0.29) is 28.2 Å². The number of hydrogen-bond acceptors (Lipinski definition) is 15. The van der Waals surface area contributed by atoms with Gasteiger partial charge in [0.25, 0.3) is 20.2 Å². The number of ketones is 1. The van der Waals surface area contributed by atoms with Crippen LogP contribution in [0.5, 0.6) is 46.0 Å². The Bertz CT molecular complexity index is 5420. The molecule has 17 nitrogen and oxygen atoms in total. The Morgan fingerprint density at radius 3 is 1.37 bits per heavy atom. The number of rotatable bonds is 24. The van der Waals surface area contributed by atoms with Crippen molar-refractivity contribution in [3.8, 4) is 68.2 Å². The highest BCUT2D eigenvalue weighted by Crippen LogP contribution is 2.58. The molecule has 2 N–H and O–H groups in total. The van der Waals surface area contributed by atoms with E-state index < -0.39 is 92.2 Å². The number of ether oxygens (including phenoxy) is 4. The monoisotopic (exact) mass is 1470 g/mol. The lowest BCUT2D eigenvalue weighted by Crippen LogP contribution is -2.52. The summed E-state index contributed by atoms with van der Waals surface area (Å²) in [5.74, 6) is 1.21. The van der Waals surface area contributed by atoms with Crippen LogP contribution in [-0.2, 0) is 50.0 Å². The molecular formula is C80H78O17P2S3. The lowest BCUT2D eigenvalue weighted by atomic mass is 9.65. The first kappa shape index (κ1) is 72.7. The molecule has 102 heavy (non-hydrogen) atoms. The summed E-state index contributed by atoms with van der Waals surface area (Å²) >= 11 is 0. The van der Waals surface area contributed by atoms with E-state index >= 15 is 9.13 Å². The third kappa shape index (κ3) is 13.5. The van der Waals surface area contributed by atoms with E-state index in [4.69, 9.17) is 28.0 Å². The number of hydrogen-bond donors (Lipinski definition) is 2. The van der Waals surface area contributed by atoms with Gasteiger partial charge in [0.1, 0.15) is 62.1 Å². The average molecular weight is 1470 g/mol. The zero-order valence-corrected chi connectivity index (χ0v) is 62.2. The fourth-order valence-electron chi connectivity index (χ4n) is 13.2. The molecule has 2 heterocycles. The lowest BCUT2D eigenvalue weighted by molar-refractivity contribution is -0.00101. The van der Waals surface area contributed by atoms with Gasteiger partial charge >= 0.3 is 14.7 Å². The van der Waals surface area contributed by atoms with Crippen LogP contribution in [-0.4, -0.2) is 51.3 Å². The van der Waals surface area contributed by atoms with Crippen LogP contribution in [0.3, 0.4) is 0 Å². The molecule has 0 saturated heterocycles. The summed E-state index contributed by atoms with van der Waals surface area (Å²) < 4.78 is 174. The van der Waals surface area contributed by atoms with Gasteiger partial charge in [0, 0.05) is 27.7 Å². The Hall–Kier alpha value is -9.10. The number of sulfone groups is 1. The highest BCUT2D eigenvalue weighted by molar-refractivity contribution is 7.91. The van der Waals surface area contributed by atoms with Crippen LogP contribution in [0.2, 0.25) is 0 Å². The molecule has 4 unspecified atom stereocenters. The molecule has 0 spiro atoms. The fraction of sp³-hybridized carbons (Fsp3) is 0.237. The van der Waals surface area contributed by atoms with Gasteiger partial charge in [-0.1, -0.05) is 158 Å². The van der Waals surface area contributed by atoms with Crippen LogP contribution >= 0.6 is 14.7 Å². The number of benzene rings is 10. The van der Waals surface area contributed by atoms with E-state index in [1.54, 1.807) is 106 Å². The van der Waals surface area contributed by atoms with Crippen molar-refractivity contribution in [2.45, 2.75) is 143 Å². The molecule has 12 rings (SSSR count).